The van der Waals surface area contributed by atoms with Crippen LogP contribution in [0.5, 0.6) is 0 Å². The summed E-state index contributed by atoms with van der Waals surface area (Å²) in [6, 6.07) is 10.1. The number of hydrogen-bond donors (Lipinski definition) is 1. The predicted octanol–water partition coefficient (Wildman–Crippen LogP) is 3.01. The third kappa shape index (κ3) is 1.72. The van der Waals surface area contributed by atoms with Gasteiger partial charge in [0.1, 0.15) is 0 Å². The van der Waals surface area contributed by atoms with E-state index in [0.29, 0.717) is 10.7 Å². The Morgan fingerprint density at radius 1 is 1.29 bits per heavy atom. The van der Waals surface area contributed by atoms with Gasteiger partial charge in [0.05, 0.1) is 10.7 Å². The lowest BCUT2D eigenvalue weighted by atomic mass is 10.2. The van der Waals surface area contributed by atoms with Gasteiger partial charge in [-0.05, 0) is 24.1 Å². The number of para-hydroxylation sites is 1. The summed E-state index contributed by atoms with van der Waals surface area (Å²) in [6.45, 7) is 0.915. The second-order valence-electron chi connectivity index (χ2n) is 4.10. The molecule has 0 aliphatic carbocycles. The number of hydrogen-bond acceptors (Lipinski definition) is 3. The van der Waals surface area contributed by atoms with Gasteiger partial charge in [0.15, 0.2) is 5.82 Å². The highest BCUT2D eigenvalue weighted by Crippen LogP contribution is 2.36. The van der Waals surface area contributed by atoms with Gasteiger partial charge in [0.25, 0.3) is 0 Å². The summed E-state index contributed by atoms with van der Waals surface area (Å²) < 4.78 is 0. The third-order valence-electron chi connectivity index (χ3n) is 3.00. The van der Waals surface area contributed by atoms with E-state index in [2.05, 4.69) is 28.1 Å². The lowest BCUT2D eigenvalue weighted by molar-refractivity contribution is 0.976. The molecule has 17 heavy (non-hydrogen) atoms. The number of halogens is 1. The molecule has 1 aromatic carbocycles. The van der Waals surface area contributed by atoms with E-state index in [1.54, 1.807) is 12.3 Å². The molecule has 4 heteroatoms. The van der Waals surface area contributed by atoms with E-state index in [-0.39, 0.29) is 0 Å². The number of rotatable bonds is 1. The SMILES string of the molecule is Nc1cc(Cl)cnc1N1CCc2ccccc21. The molecule has 0 amide bonds. The minimum absolute atomic E-state index is 0.568. The second-order valence-corrected chi connectivity index (χ2v) is 4.53. The molecular formula is C13H12ClN3. The van der Waals surface area contributed by atoms with E-state index in [9.17, 15) is 0 Å². The summed E-state index contributed by atoms with van der Waals surface area (Å²) >= 11 is 5.86. The molecule has 0 atom stereocenters. The van der Waals surface area contributed by atoms with E-state index in [4.69, 9.17) is 17.3 Å². The molecule has 1 aromatic heterocycles. The van der Waals surface area contributed by atoms with Crippen LogP contribution in [-0.2, 0) is 6.42 Å². The monoisotopic (exact) mass is 245 g/mol. The van der Waals surface area contributed by atoms with Crippen LogP contribution >= 0.6 is 11.6 Å². The van der Waals surface area contributed by atoms with Gasteiger partial charge in [0, 0.05) is 18.4 Å². The molecule has 0 radical (unpaired) electrons. The number of anilines is 3. The lowest BCUT2D eigenvalue weighted by Gasteiger charge is -2.19. The number of nitrogens with two attached hydrogens (primary N) is 1. The fourth-order valence-corrected chi connectivity index (χ4v) is 2.40. The van der Waals surface area contributed by atoms with Crippen LogP contribution in [-0.4, -0.2) is 11.5 Å². The summed E-state index contributed by atoms with van der Waals surface area (Å²) in [5.41, 5.74) is 9.11. The molecule has 3 nitrogen and oxygen atoms in total. The van der Waals surface area contributed by atoms with E-state index < -0.39 is 0 Å². The van der Waals surface area contributed by atoms with Gasteiger partial charge in [-0.15, -0.1) is 0 Å². The highest BCUT2D eigenvalue weighted by Gasteiger charge is 2.22. The van der Waals surface area contributed by atoms with Crippen molar-refractivity contribution in [2.45, 2.75) is 6.42 Å². The van der Waals surface area contributed by atoms with Crippen LogP contribution in [0.1, 0.15) is 5.56 Å². The van der Waals surface area contributed by atoms with Gasteiger partial charge in [-0.3, -0.25) is 0 Å². The van der Waals surface area contributed by atoms with Crippen molar-refractivity contribution in [3.8, 4) is 0 Å². The number of pyridine rings is 1. The summed E-state index contributed by atoms with van der Waals surface area (Å²) in [5.74, 6) is 0.791. The molecule has 2 aromatic rings. The third-order valence-corrected chi connectivity index (χ3v) is 3.21. The van der Waals surface area contributed by atoms with Crippen molar-refractivity contribution in [3.63, 3.8) is 0 Å². The lowest BCUT2D eigenvalue weighted by Crippen LogP contribution is -2.16. The van der Waals surface area contributed by atoms with Crippen LogP contribution in [0.4, 0.5) is 17.2 Å². The Hall–Kier alpha value is -1.74. The molecule has 1 aliphatic rings. The van der Waals surface area contributed by atoms with Crippen molar-refractivity contribution in [1.29, 1.82) is 0 Å². The topological polar surface area (TPSA) is 42.1 Å². The van der Waals surface area contributed by atoms with Crippen molar-refractivity contribution < 1.29 is 0 Å². The van der Waals surface area contributed by atoms with Crippen molar-refractivity contribution in [2.75, 3.05) is 17.2 Å². The molecular weight excluding hydrogens is 234 g/mol. The number of nitrogen functional groups attached to an aromatic ring is 1. The molecule has 0 fully saturated rings. The van der Waals surface area contributed by atoms with Crippen LogP contribution in [0.25, 0.3) is 0 Å². The minimum atomic E-state index is 0.568. The number of benzene rings is 1. The molecule has 0 spiro atoms. The molecule has 0 saturated carbocycles. The Kier molecular flexibility index (Phi) is 2.41. The van der Waals surface area contributed by atoms with Gasteiger partial charge in [-0.1, -0.05) is 29.8 Å². The van der Waals surface area contributed by atoms with Crippen LogP contribution < -0.4 is 10.6 Å². The van der Waals surface area contributed by atoms with E-state index in [1.807, 2.05) is 6.07 Å². The molecule has 3 rings (SSSR count). The minimum Gasteiger partial charge on any atom is -0.396 e. The highest BCUT2D eigenvalue weighted by molar-refractivity contribution is 6.30. The van der Waals surface area contributed by atoms with E-state index in [1.165, 1.54) is 11.3 Å². The second kappa shape index (κ2) is 3.93. The standard InChI is InChI=1S/C13H12ClN3/c14-10-7-11(15)13(16-8-10)17-6-5-9-3-1-2-4-12(9)17/h1-4,7-8H,5-6,15H2. The Morgan fingerprint density at radius 2 is 2.12 bits per heavy atom. The zero-order valence-electron chi connectivity index (χ0n) is 9.23. The maximum Gasteiger partial charge on any atom is 0.156 e. The first-order valence-electron chi connectivity index (χ1n) is 5.52. The predicted molar refractivity (Wildman–Crippen MR) is 70.8 cm³/mol. The first-order chi connectivity index (χ1) is 8.25. The van der Waals surface area contributed by atoms with Gasteiger partial charge >= 0.3 is 0 Å². The van der Waals surface area contributed by atoms with Gasteiger partial charge in [0.2, 0.25) is 0 Å². The summed E-state index contributed by atoms with van der Waals surface area (Å²) in [7, 11) is 0. The quantitative estimate of drug-likeness (QED) is 0.840. The van der Waals surface area contributed by atoms with E-state index in [0.717, 1.165) is 18.8 Å². The molecule has 0 unspecified atom stereocenters. The maximum absolute atomic E-state index is 5.97. The first-order valence-corrected chi connectivity index (χ1v) is 5.90. The Bertz CT molecular complexity index is 568. The Morgan fingerprint density at radius 3 is 2.94 bits per heavy atom. The fourth-order valence-electron chi connectivity index (χ4n) is 2.23. The number of fused-ring (bicyclic) bond motifs is 1. The number of nitrogens with zero attached hydrogens (tertiary/aromatic N) is 2. The summed E-state index contributed by atoms with van der Waals surface area (Å²) in [6.07, 6.45) is 2.66. The normalized spacial score (nSPS) is 13.8. The summed E-state index contributed by atoms with van der Waals surface area (Å²) in [4.78, 5) is 6.47. The van der Waals surface area contributed by atoms with Gasteiger partial charge in [-0.25, -0.2) is 4.98 Å². The van der Waals surface area contributed by atoms with Crippen LogP contribution in [0.2, 0.25) is 5.02 Å². The average molecular weight is 246 g/mol. The largest absolute Gasteiger partial charge is 0.396 e. The van der Waals surface area contributed by atoms with Crippen molar-refractivity contribution in [1.82, 2.24) is 4.98 Å². The smallest absolute Gasteiger partial charge is 0.156 e. The van der Waals surface area contributed by atoms with Crippen LogP contribution in [0, 0.1) is 0 Å². The van der Waals surface area contributed by atoms with E-state index >= 15 is 0 Å². The van der Waals surface area contributed by atoms with Crippen molar-refractivity contribution in [3.05, 3.63) is 47.1 Å². The van der Waals surface area contributed by atoms with Crippen LogP contribution in [0.3, 0.4) is 0 Å². The summed E-state index contributed by atoms with van der Waals surface area (Å²) in [5, 5.41) is 0.568. The molecule has 0 bridgehead atoms. The highest BCUT2D eigenvalue weighted by atomic mass is 35.5. The van der Waals surface area contributed by atoms with Crippen molar-refractivity contribution in [2.24, 2.45) is 0 Å². The average Bonchev–Trinajstić information content (AvgIpc) is 2.73. The zero-order chi connectivity index (χ0) is 11.8. The van der Waals surface area contributed by atoms with Gasteiger partial charge in [-0.2, -0.15) is 0 Å². The fraction of sp³-hybridized carbons (Fsp3) is 0.154. The Balaban J connectivity index is 2.07. The molecule has 2 heterocycles. The molecule has 86 valence electrons. The first kappa shape index (κ1) is 10.4. The van der Waals surface area contributed by atoms with Crippen LogP contribution in [0.15, 0.2) is 36.5 Å². The molecule has 0 saturated heterocycles. The maximum atomic E-state index is 5.97. The van der Waals surface area contributed by atoms with Crippen molar-refractivity contribution >= 4 is 28.8 Å². The molecule has 2 N–H and O–H groups in total. The number of aromatic nitrogens is 1. The molecule has 1 aliphatic heterocycles. The zero-order valence-corrected chi connectivity index (χ0v) is 9.98. The Labute approximate surface area is 105 Å². The van der Waals surface area contributed by atoms with Gasteiger partial charge < -0.3 is 10.6 Å².